The van der Waals surface area contributed by atoms with Crippen molar-refractivity contribution in [3.05, 3.63) is 18.2 Å². The molecule has 20 heavy (non-hydrogen) atoms. The summed E-state index contributed by atoms with van der Waals surface area (Å²) in [7, 11) is -3.38. The normalized spacial score (nSPS) is 12.4. The molecule has 0 fully saturated rings. The van der Waals surface area contributed by atoms with Gasteiger partial charge < -0.3 is 20.9 Å². The molecule has 0 aliphatic carbocycles. The van der Waals surface area contributed by atoms with Gasteiger partial charge in [0.1, 0.15) is 12.4 Å². The Morgan fingerprint density at radius 2 is 2.20 bits per heavy atom. The van der Waals surface area contributed by atoms with Gasteiger partial charge in [-0.15, -0.1) is 0 Å². The van der Waals surface area contributed by atoms with Crippen LogP contribution in [0.3, 0.4) is 0 Å². The van der Waals surface area contributed by atoms with E-state index in [2.05, 4.69) is 5.32 Å². The van der Waals surface area contributed by atoms with Crippen LogP contribution < -0.4 is 15.8 Å². The Hall–Kier alpha value is -2.29. The van der Waals surface area contributed by atoms with Gasteiger partial charge in [0.15, 0.2) is 15.9 Å². The van der Waals surface area contributed by atoms with Crippen molar-refractivity contribution < 1.29 is 27.9 Å². The van der Waals surface area contributed by atoms with E-state index in [1.54, 1.807) is 0 Å². The van der Waals surface area contributed by atoms with Gasteiger partial charge in [-0.3, -0.25) is 4.79 Å². The first-order valence-electron chi connectivity index (χ1n) is 5.40. The number of hydrogen-bond donors (Lipinski definition) is 3. The minimum absolute atomic E-state index is 0.0307. The van der Waals surface area contributed by atoms with Gasteiger partial charge in [-0.2, -0.15) is 0 Å². The molecular weight excluding hydrogens is 288 g/mol. The van der Waals surface area contributed by atoms with Crippen LogP contribution in [0.15, 0.2) is 23.1 Å². The Bertz CT molecular complexity index is 613. The number of nitrogen functional groups attached to an aromatic ring is 1. The summed E-state index contributed by atoms with van der Waals surface area (Å²) < 4.78 is 27.8. The van der Waals surface area contributed by atoms with Crippen molar-refractivity contribution in [1.82, 2.24) is 5.32 Å². The number of amides is 1. The van der Waals surface area contributed by atoms with E-state index in [0.717, 1.165) is 6.26 Å². The average molecular weight is 302 g/mol. The predicted octanol–water partition coefficient (Wildman–Crippen LogP) is -0.750. The second-order valence-electron chi connectivity index (χ2n) is 3.96. The molecule has 1 aromatic rings. The van der Waals surface area contributed by atoms with Gasteiger partial charge in [0.05, 0.1) is 10.6 Å². The molecular formula is C11H14N2O6S. The molecule has 0 aliphatic heterocycles. The van der Waals surface area contributed by atoms with Gasteiger partial charge in [-0.25, -0.2) is 13.2 Å². The fraction of sp³-hybridized carbons (Fsp3) is 0.273. The highest BCUT2D eigenvalue weighted by atomic mass is 32.2. The molecule has 0 saturated heterocycles. The first-order chi connectivity index (χ1) is 9.25. The summed E-state index contributed by atoms with van der Waals surface area (Å²) >= 11 is 0. The van der Waals surface area contributed by atoms with Crippen LogP contribution in [0, 0.1) is 0 Å². The van der Waals surface area contributed by atoms with Crippen LogP contribution in [0.2, 0.25) is 0 Å². The van der Waals surface area contributed by atoms with E-state index >= 15 is 0 Å². The van der Waals surface area contributed by atoms with Crippen molar-refractivity contribution in [2.75, 3.05) is 18.6 Å². The maximum Gasteiger partial charge on any atom is 0.329 e. The van der Waals surface area contributed by atoms with Crippen molar-refractivity contribution in [2.24, 2.45) is 0 Å². The van der Waals surface area contributed by atoms with Crippen molar-refractivity contribution in [3.63, 3.8) is 0 Å². The fourth-order valence-corrected chi connectivity index (χ4v) is 1.99. The van der Waals surface area contributed by atoms with Gasteiger partial charge in [0.25, 0.3) is 0 Å². The SMILES string of the molecule is CS(=O)(=O)c1ccc(OC[C@H](NC=O)C(=O)O)c(N)c1. The van der Waals surface area contributed by atoms with Gasteiger partial charge in [-0.05, 0) is 18.2 Å². The van der Waals surface area contributed by atoms with Crippen molar-refractivity contribution >= 4 is 27.9 Å². The van der Waals surface area contributed by atoms with Gasteiger partial charge in [-0.1, -0.05) is 0 Å². The largest absolute Gasteiger partial charge is 0.489 e. The van der Waals surface area contributed by atoms with Gasteiger partial charge in [0.2, 0.25) is 6.41 Å². The van der Waals surface area contributed by atoms with E-state index in [4.69, 9.17) is 15.6 Å². The zero-order valence-electron chi connectivity index (χ0n) is 10.6. The minimum Gasteiger partial charge on any atom is -0.489 e. The molecule has 9 heteroatoms. The Balaban J connectivity index is 2.84. The van der Waals surface area contributed by atoms with E-state index in [1.807, 2.05) is 0 Å². The highest BCUT2D eigenvalue weighted by Crippen LogP contribution is 2.24. The monoisotopic (exact) mass is 302 g/mol. The number of carbonyl (C=O) groups is 2. The third-order valence-electron chi connectivity index (χ3n) is 2.38. The predicted molar refractivity (Wildman–Crippen MR) is 70.1 cm³/mol. The number of anilines is 1. The quantitative estimate of drug-likeness (QED) is 0.445. The van der Waals surface area contributed by atoms with E-state index in [0.29, 0.717) is 0 Å². The van der Waals surface area contributed by atoms with Crippen LogP contribution in [0.5, 0.6) is 5.75 Å². The number of nitrogens with two attached hydrogens (primary N) is 1. The molecule has 8 nitrogen and oxygen atoms in total. The second kappa shape index (κ2) is 6.24. The summed E-state index contributed by atoms with van der Waals surface area (Å²) in [6.07, 6.45) is 1.29. The van der Waals surface area contributed by atoms with Crippen LogP contribution in [-0.2, 0) is 19.4 Å². The molecule has 0 aromatic heterocycles. The highest BCUT2D eigenvalue weighted by molar-refractivity contribution is 7.90. The molecule has 0 bridgehead atoms. The molecule has 0 aliphatic rings. The molecule has 1 amide bonds. The van der Waals surface area contributed by atoms with E-state index < -0.39 is 21.8 Å². The zero-order valence-corrected chi connectivity index (χ0v) is 11.4. The van der Waals surface area contributed by atoms with E-state index in [1.165, 1.54) is 18.2 Å². The Labute approximate surface area is 115 Å². The number of rotatable bonds is 7. The molecule has 0 radical (unpaired) electrons. The average Bonchev–Trinajstić information content (AvgIpc) is 2.34. The number of benzene rings is 1. The molecule has 0 heterocycles. The summed E-state index contributed by atoms with van der Waals surface area (Å²) in [6.45, 7) is -0.337. The number of ether oxygens (including phenoxy) is 1. The summed E-state index contributed by atoms with van der Waals surface area (Å²) in [6, 6.07) is 2.62. The molecule has 0 unspecified atom stereocenters. The Kier molecular flexibility index (Phi) is 4.92. The summed E-state index contributed by atoms with van der Waals surface area (Å²) in [4.78, 5) is 21.0. The van der Waals surface area contributed by atoms with Crippen LogP contribution >= 0.6 is 0 Å². The summed E-state index contributed by atoms with van der Waals surface area (Å²) in [5.74, 6) is -1.13. The maximum absolute atomic E-state index is 11.3. The number of carboxylic acids is 1. The first kappa shape index (κ1) is 15.8. The molecule has 0 saturated carbocycles. The molecule has 4 N–H and O–H groups in total. The van der Waals surface area contributed by atoms with Crippen molar-refractivity contribution in [1.29, 1.82) is 0 Å². The fourth-order valence-electron chi connectivity index (χ4n) is 1.33. The first-order valence-corrected chi connectivity index (χ1v) is 7.29. The van der Waals surface area contributed by atoms with Crippen LogP contribution in [-0.4, -0.2) is 44.8 Å². The molecule has 0 spiro atoms. The maximum atomic E-state index is 11.3. The number of sulfone groups is 1. The molecule has 1 rings (SSSR count). The van der Waals surface area contributed by atoms with E-state index in [-0.39, 0.29) is 29.3 Å². The number of carboxylic acid groups (broad SMARTS) is 1. The topological polar surface area (TPSA) is 136 Å². The number of carbonyl (C=O) groups excluding carboxylic acids is 1. The summed E-state index contributed by atoms with van der Waals surface area (Å²) in [5.41, 5.74) is 5.69. The zero-order chi connectivity index (χ0) is 15.3. The molecule has 1 aromatic carbocycles. The van der Waals surface area contributed by atoms with Crippen LogP contribution in [0.1, 0.15) is 0 Å². The second-order valence-corrected chi connectivity index (χ2v) is 5.97. The van der Waals surface area contributed by atoms with Crippen LogP contribution in [0.25, 0.3) is 0 Å². The lowest BCUT2D eigenvalue weighted by molar-refractivity contribution is -0.141. The Morgan fingerprint density at radius 1 is 1.55 bits per heavy atom. The number of hydrogen-bond acceptors (Lipinski definition) is 6. The lowest BCUT2D eigenvalue weighted by Crippen LogP contribution is -2.40. The Morgan fingerprint density at radius 3 is 2.65 bits per heavy atom. The third kappa shape index (κ3) is 4.12. The third-order valence-corrected chi connectivity index (χ3v) is 3.49. The number of nitrogens with one attached hydrogen (secondary N) is 1. The van der Waals surface area contributed by atoms with Crippen molar-refractivity contribution in [3.8, 4) is 5.75 Å². The standard InChI is InChI=1S/C11H14N2O6S/c1-20(17,18)7-2-3-10(8(12)4-7)19-5-9(11(15)16)13-6-14/h2-4,6,9H,5,12H2,1H3,(H,13,14)(H,15,16)/t9-/m0/s1. The lowest BCUT2D eigenvalue weighted by atomic mass is 10.3. The smallest absolute Gasteiger partial charge is 0.329 e. The molecule has 1 atom stereocenters. The highest BCUT2D eigenvalue weighted by Gasteiger charge is 2.18. The van der Waals surface area contributed by atoms with Gasteiger partial charge >= 0.3 is 5.97 Å². The van der Waals surface area contributed by atoms with Gasteiger partial charge in [0, 0.05) is 6.26 Å². The summed E-state index contributed by atoms with van der Waals surface area (Å²) in [5, 5.41) is 10.9. The lowest BCUT2D eigenvalue weighted by Gasteiger charge is -2.14. The van der Waals surface area contributed by atoms with Crippen LogP contribution in [0.4, 0.5) is 5.69 Å². The molecule has 110 valence electrons. The van der Waals surface area contributed by atoms with E-state index in [9.17, 15) is 18.0 Å². The number of aliphatic carboxylic acids is 1. The minimum atomic E-state index is -3.38. The van der Waals surface area contributed by atoms with Crippen molar-refractivity contribution in [2.45, 2.75) is 10.9 Å².